The molecule has 1 N–H and O–H groups in total. The maximum atomic E-state index is 12.3. The van der Waals surface area contributed by atoms with Crippen LogP contribution >= 0.6 is 0 Å². The van der Waals surface area contributed by atoms with Crippen LogP contribution in [-0.2, 0) is 15.8 Å². The highest BCUT2D eigenvalue weighted by molar-refractivity contribution is 6.42. The van der Waals surface area contributed by atoms with Gasteiger partial charge in [-0.25, -0.2) is 5.32 Å². The summed E-state index contributed by atoms with van der Waals surface area (Å²) in [6.07, 6.45) is -4.50. The van der Waals surface area contributed by atoms with Gasteiger partial charge in [0.05, 0.1) is 16.9 Å². The second-order valence-electron chi connectivity index (χ2n) is 3.10. The third kappa shape index (κ3) is 1.71. The molecule has 0 aliphatic carbocycles. The third-order valence-corrected chi connectivity index (χ3v) is 1.99. The number of alkyl halides is 3. The van der Waals surface area contributed by atoms with Gasteiger partial charge >= 0.3 is 18.0 Å². The van der Waals surface area contributed by atoms with Crippen LogP contribution in [-0.4, -0.2) is 11.8 Å². The molecule has 1 radical (unpaired) electrons. The Hall–Kier alpha value is -2.05. The minimum Gasteiger partial charge on any atom is -0.316 e. The van der Waals surface area contributed by atoms with E-state index in [0.29, 0.717) is 6.07 Å². The van der Waals surface area contributed by atoms with Gasteiger partial charge in [0.1, 0.15) is 0 Å². The Morgan fingerprint density at radius 1 is 1.19 bits per heavy atom. The number of hydrogen-bond donors (Lipinski definition) is 1. The van der Waals surface area contributed by atoms with Crippen LogP contribution in [0, 0.1) is 0 Å². The fourth-order valence-electron chi connectivity index (χ4n) is 1.24. The number of amides is 2. The monoisotopic (exact) mass is 229 g/mol. The van der Waals surface area contributed by atoms with E-state index in [1.165, 1.54) is 0 Å². The highest BCUT2D eigenvalue weighted by Gasteiger charge is 2.33. The topological polar surface area (TPSA) is 60.3 Å². The summed E-state index contributed by atoms with van der Waals surface area (Å²) in [6, 6.07) is 2.59. The molecule has 83 valence electrons. The number of benzene rings is 1. The van der Waals surface area contributed by atoms with Crippen LogP contribution in [0.2, 0.25) is 0 Å². The van der Waals surface area contributed by atoms with Gasteiger partial charge in [-0.3, -0.25) is 9.59 Å². The SMILES string of the molecule is O=C1[N]c2cc(C(F)(F)F)ccc2NC1=O. The Balaban J connectivity index is 2.44. The third-order valence-electron chi connectivity index (χ3n) is 1.99. The zero-order valence-corrected chi connectivity index (χ0v) is 7.63. The number of nitrogens with one attached hydrogen (secondary N) is 1. The van der Waals surface area contributed by atoms with Crippen molar-refractivity contribution in [3.63, 3.8) is 0 Å². The highest BCUT2D eigenvalue weighted by Crippen LogP contribution is 2.34. The predicted octanol–water partition coefficient (Wildman–Crippen LogP) is 1.42. The lowest BCUT2D eigenvalue weighted by atomic mass is 10.1. The minimum absolute atomic E-state index is 0.0950. The molecule has 1 aromatic rings. The van der Waals surface area contributed by atoms with Crippen molar-refractivity contribution in [1.82, 2.24) is 5.32 Å². The number of rotatable bonds is 0. The van der Waals surface area contributed by atoms with E-state index in [-0.39, 0.29) is 11.4 Å². The van der Waals surface area contributed by atoms with E-state index < -0.39 is 23.6 Å². The van der Waals surface area contributed by atoms with E-state index in [4.69, 9.17) is 0 Å². The second-order valence-corrected chi connectivity index (χ2v) is 3.10. The van der Waals surface area contributed by atoms with Crippen LogP contribution in [0.4, 0.5) is 24.5 Å². The summed E-state index contributed by atoms with van der Waals surface area (Å²) >= 11 is 0. The first kappa shape index (κ1) is 10.5. The van der Waals surface area contributed by atoms with Crippen molar-refractivity contribution in [2.75, 3.05) is 5.32 Å². The molecule has 1 aromatic carbocycles. The Bertz CT molecular complexity index is 482. The zero-order chi connectivity index (χ0) is 11.9. The van der Waals surface area contributed by atoms with Crippen LogP contribution in [0.5, 0.6) is 0 Å². The first-order valence-corrected chi connectivity index (χ1v) is 4.16. The van der Waals surface area contributed by atoms with Crippen LogP contribution in [0.25, 0.3) is 0 Å². The summed E-state index contributed by atoms with van der Waals surface area (Å²) in [5.74, 6) is -2.06. The maximum Gasteiger partial charge on any atom is 0.416 e. The van der Waals surface area contributed by atoms with Crippen LogP contribution < -0.4 is 10.6 Å². The standard InChI is InChI=1S/C9H4F3N2O2/c10-9(11,12)4-1-2-5-6(3-4)14-8(16)7(15)13-5/h1-3H,(H,13,15). The molecular weight excluding hydrogens is 225 g/mol. The van der Waals surface area contributed by atoms with Crippen molar-refractivity contribution < 1.29 is 22.8 Å². The van der Waals surface area contributed by atoms with E-state index in [1.807, 2.05) is 0 Å². The normalized spacial score (nSPS) is 15.2. The quantitative estimate of drug-likeness (QED) is 0.684. The average Bonchev–Trinajstić information content (AvgIpc) is 2.17. The van der Waals surface area contributed by atoms with Gasteiger partial charge in [0.2, 0.25) is 0 Å². The molecule has 0 unspecified atom stereocenters. The van der Waals surface area contributed by atoms with Gasteiger partial charge in [-0.1, -0.05) is 0 Å². The molecule has 2 rings (SSSR count). The lowest BCUT2D eigenvalue weighted by molar-refractivity contribution is -0.138. The van der Waals surface area contributed by atoms with Crippen molar-refractivity contribution in [2.24, 2.45) is 0 Å². The van der Waals surface area contributed by atoms with Gasteiger partial charge in [-0.2, -0.15) is 13.2 Å². The smallest absolute Gasteiger partial charge is 0.316 e. The number of anilines is 1. The van der Waals surface area contributed by atoms with Gasteiger partial charge in [0.25, 0.3) is 0 Å². The van der Waals surface area contributed by atoms with Crippen molar-refractivity contribution in [1.29, 1.82) is 0 Å². The van der Waals surface area contributed by atoms with Crippen molar-refractivity contribution in [3.05, 3.63) is 23.8 Å². The van der Waals surface area contributed by atoms with E-state index in [1.54, 1.807) is 0 Å². The molecule has 7 heteroatoms. The number of halogens is 3. The van der Waals surface area contributed by atoms with Gasteiger partial charge in [0, 0.05) is 0 Å². The molecule has 0 spiro atoms. The summed E-state index contributed by atoms with van der Waals surface area (Å²) in [4.78, 5) is 21.7. The largest absolute Gasteiger partial charge is 0.416 e. The molecule has 2 amide bonds. The Kier molecular flexibility index (Phi) is 2.11. The molecule has 0 fully saturated rings. The van der Waals surface area contributed by atoms with Gasteiger partial charge < -0.3 is 5.32 Å². The first-order chi connectivity index (χ1) is 7.38. The van der Waals surface area contributed by atoms with E-state index in [0.717, 1.165) is 12.1 Å². The average molecular weight is 229 g/mol. The number of nitrogens with zero attached hydrogens (tertiary/aromatic N) is 1. The molecule has 0 saturated carbocycles. The minimum atomic E-state index is -4.50. The summed E-state index contributed by atoms with van der Waals surface area (Å²) < 4.78 is 37.0. The Morgan fingerprint density at radius 3 is 2.50 bits per heavy atom. The van der Waals surface area contributed by atoms with Gasteiger partial charge in [-0.05, 0) is 18.2 Å². The summed E-state index contributed by atoms with van der Waals surface area (Å²) in [6.45, 7) is 0. The van der Waals surface area contributed by atoms with E-state index in [2.05, 4.69) is 10.6 Å². The summed E-state index contributed by atoms with van der Waals surface area (Å²) in [5, 5.41) is 5.39. The van der Waals surface area contributed by atoms with Gasteiger partial charge in [0.15, 0.2) is 0 Å². The molecular formula is C9H4F3N2O2. The molecule has 0 aromatic heterocycles. The van der Waals surface area contributed by atoms with Crippen LogP contribution in [0.3, 0.4) is 0 Å². The maximum absolute atomic E-state index is 12.3. The molecule has 1 heterocycles. The van der Waals surface area contributed by atoms with Crippen LogP contribution in [0.1, 0.15) is 5.56 Å². The number of fused-ring (bicyclic) bond motifs is 1. The first-order valence-electron chi connectivity index (χ1n) is 4.16. The zero-order valence-electron chi connectivity index (χ0n) is 7.63. The van der Waals surface area contributed by atoms with Crippen LogP contribution in [0.15, 0.2) is 18.2 Å². The Labute approximate surface area is 87.4 Å². The molecule has 0 atom stereocenters. The van der Waals surface area contributed by atoms with Gasteiger partial charge in [-0.15, -0.1) is 0 Å². The van der Waals surface area contributed by atoms with E-state index >= 15 is 0 Å². The molecule has 1 aliphatic rings. The predicted molar refractivity (Wildman–Crippen MR) is 46.9 cm³/mol. The van der Waals surface area contributed by atoms with Crippen molar-refractivity contribution >= 4 is 23.2 Å². The molecule has 16 heavy (non-hydrogen) atoms. The lowest BCUT2D eigenvalue weighted by Crippen LogP contribution is -2.33. The van der Waals surface area contributed by atoms with E-state index in [9.17, 15) is 22.8 Å². The summed E-state index contributed by atoms with van der Waals surface area (Å²) in [7, 11) is 0. The van der Waals surface area contributed by atoms with Crippen molar-refractivity contribution in [2.45, 2.75) is 6.18 Å². The molecule has 1 aliphatic heterocycles. The fourth-order valence-corrected chi connectivity index (χ4v) is 1.24. The number of carbonyl (C=O) groups is 2. The fraction of sp³-hybridized carbons (Fsp3) is 0.111. The molecule has 0 saturated heterocycles. The summed E-state index contributed by atoms with van der Waals surface area (Å²) in [5.41, 5.74) is -1.00. The second kappa shape index (κ2) is 3.22. The number of carbonyl (C=O) groups excluding carboxylic acids is 2. The van der Waals surface area contributed by atoms with Crippen molar-refractivity contribution in [3.8, 4) is 0 Å². The Morgan fingerprint density at radius 2 is 1.88 bits per heavy atom. The molecule has 4 nitrogen and oxygen atoms in total. The number of hydrogen-bond acceptors (Lipinski definition) is 2. The highest BCUT2D eigenvalue weighted by atomic mass is 19.4. The molecule has 0 bridgehead atoms. The lowest BCUT2D eigenvalue weighted by Gasteiger charge is -2.16.